The minimum Gasteiger partial charge on any atom is -0.481 e. The number of benzene rings is 1. The van der Waals surface area contributed by atoms with Gasteiger partial charge in [0.1, 0.15) is 5.82 Å². The summed E-state index contributed by atoms with van der Waals surface area (Å²) >= 11 is 0. The smallest absolute Gasteiger partial charge is 0.306 e. The van der Waals surface area contributed by atoms with E-state index in [1.165, 1.54) is 12.1 Å². The molecule has 1 unspecified atom stereocenters. The van der Waals surface area contributed by atoms with Crippen LogP contribution in [0.2, 0.25) is 0 Å². The highest BCUT2D eigenvalue weighted by atomic mass is 19.1. The van der Waals surface area contributed by atoms with Crippen LogP contribution in [0, 0.1) is 24.1 Å². The maximum atomic E-state index is 12.6. The van der Waals surface area contributed by atoms with Crippen LogP contribution in [0.5, 0.6) is 0 Å². The quantitative estimate of drug-likeness (QED) is 0.774. The summed E-state index contributed by atoms with van der Waals surface area (Å²) in [5, 5.41) is 8.97. The van der Waals surface area contributed by atoms with E-state index in [0.29, 0.717) is 19.3 Å². The molecule has 3 heteroatoms. The van der Waals surface area contributed by atoms with Crippen LogP contribution < -0.4 is 0 Å². The molecule has 1 aromatic carbocycles. The van der Waals surface area contributed by atoms with E-state index in [1.54, 1.807) is 12.1 Å². The van der Waals surface area contributed by atoms with E-state index in [1.807, 2.05) is 0 Å². The van der Waals surface area contributed by atoms with Crippen molar-refractivity contribution in [2.45, 2.75) is 19.3 Å². The minimum atomic E-state index is -0.862. The van der Waals surface area contributed by atoms with Gasteiger partial charge in [0.25, 0.3) is 0 Å². The average Bonchev–Trinajstić information content (AvgIpc) is 2.26. The van der Waals surface area contributed by atoms with Crippen LogP contribution in [0.15, 0.2) is 24.3 Å². The van der Waals surface area contributed by atoms with Crippen molar-refractivity contribution in [2.24, 2.45) is 5.92 Å². The SMILES string of the molecule is C#CCCC(Cc1ccc(F)cc1)C(=O)O. The molecule has 0 spiro atoms. The molecule has 2 nitrogen and oxygen atoms in total. The summed E-state index contributed by atoms with van der Waals surface area (Å²) in [5.41, 5.74) is 0.811. The molecule has 84 valence electrons. The van der Waals surface area contributed by atoms with Gasteiger partial charge in [-0.2, -0.15) is 0 Å². The molecular weight excluding hydrogens is 207 g/mol. The molecule has 0 heterocycles. The number of hydrogen-bond donors (Lipinski definition) is 1. The van der Waals surface area contributed by atoms with Crippen molar-refractivity contribution >= 4 is 5.97 Å². The molecule has 0 aromatic heterocycles. The molecule has 1 atom stereocenters. The van der Waals surface area contributed by atoms with Gasteiger partial charge in [0, 0.05) is 6.42 Å². The number of hydrogen-bond acceptors (Lipinski definition) is 1. The first-order valence-corrected chi connectivity index (χ1v) is 5.04. The highest BCUT2D eigenvalue weighted by Crippen LogP contribution is 2.15. The van der Waals surface area contributed by atoms with Gasteiger partial charge in [0.05, 0.1) is 5.92 Å². The molecule has 0 saturated heterocycles. The summed E-state index contributed by atoms with van der Waals surface area (Å²) in [6.07, 6.45) is 6.37. The number of aliphatic carboxylic acids is 1. The Labute approximate surface area is 94.1 Å². The van der Waals surface area contributed by atoms with Gasteiger partial charge < -0.3 is 5.11 Å². The lowest BCUT2D eigenvalue weighted by molar-refractivity contribution is -0.141. The van der Waals surface area contributed by atoms with Crippen LogP contribution in [0.4, 0.5) is 4.39 Å². The molecule has 0 bridgehead atoms. The van der Waals surface area contributed by atoms with Gasteiger partial charge in [-0.1, -0.05) is 12.1 Å². The highest BCUT2D eigenvalue weighted by molar-refractivity contribution is 5.70. The standard InChI is InChI=1S/C13H13FO2/c1-2-3-4-11(13(15)16)9-10-5-7-12(14)8-6-10/h1,5-8,11H,3-4,9H2,(H,15,16). The first-order chi connectivity index (χ1) is 7.63. The van der Waals surface area contributed by atoms with Gasteiger partial charge in [-0.05, 0) is 30.5 Å². The van der Waals surface area contributed by atoms with Crippen LogP contribution in [0.25, 0.3) is 0 Å². The number of halogens is 1. The molecule has 0 aliphatic carbocycles. The fourth-order valence-electron chi connectivity index (χ4n) is 1.48. The Kier molecular flexibility index (Phi) is 4.53. The minimum absolute atomic E-state index is 0.320. The topological polar surface area (TPSA) is 37.3 Å². The first kappa shape index (κ1) is 12.3. The van der Waals surface area contributed by atoms with Crippen molar-refractivity contribution in [1.82, 2.24) is 0 Å². The van der Waals surface area contributed by atoms with E-state index in [4.69, 9.17) is 11.5 Å². The van der Waals surface area contributed by atoms with Crippen LogP contribution in [0.1, 0.15) is 18.4 Å². The number of carboxylic acids is 1. The summed E-state index contributed by atoms with van der Waals surface area (Å²) in [6.45, 7) is 0. The zero-order valence-corrected chi connectivity index (χ0v) is 8.82. The summed E-state index contributed by atoms with van der Waals surface area (Å²) in [6, 6.07) is 5.85. The molecule has 1 aromatic rings. The van der Waals surface area contributed by atoms with Crippen LogP contribution in [0.3, 0.4) is 0 Å². The highest BCUT2D eigenvalue weighted by Gasteiger charge is 2.17. The molecular formula is C13H13FO2. The third-order valence-electron chi connectivity index (χ3n) is 2.38. The lowest BCUT2D eigenvalue weighted by atomic mass is 9.95. The Bertz CT molecular complexity index is 389. The van der Waals surface area contributed by atoms with Crippen LogP contribution >= 0.6 is 0 Å². The summed E-state index contributed by atoms with van der Waals surface area (Å²) in [5.74, 6) is 0.744. The van der Waals surface area contributed by atoms with E-state index in [2.05, 4.69) is 5.92 Å². The van der Waals surface area contributed by atoms with E-state index >= 15 is 0 Å². The van der Waals surface area contributed by atoms with Gasteiger partial charge in [0.15, 0.2) is 0 Å². The molecule has 0 fully saturated rings. The van der Waals surface area contributed by atoms with E-state index in [0.717, 1.165) is 5.56 Å². The van der Waals surface area contributed by atoms with Gasteiger partial charge in [0.2, 0.25) is 0 Å². The average molecular weight is 220 g/mol. The van der Waals surface area contributed by atoms with Crippen molar-refractivity contribution < 1.29 is 14.3 Å². The van der Waals surface area contributed by atoms with Gasteiger partial charge in [-0.25, -0.2) is 4.39 Å². The number of terminal acetylenes is 1. The Balaban J connectivity index is 2.64. The zero-order valence-electron chi connectivity index (χ0n) is 8.82. The van der Waals surface area contributed by atoms with Gasteiger partial charge in [-0.15, -0.1) is 12.3 Å². The number of carbonyl (C=O) groups is 1. The lowest BCUT2D eigenvalue weighted by Crippen LogP contribution is -2.16. The Hall–Kier alpha value is -1.82. The molecule has 0 aliphatic heterocycles. The molecule has 16 heavy (non-hydrogen) atoms. The molecule has 0 amide bonds. The Morgan fingerprint density at radius 1 is 1.44 bits per heavy atom. The third-order valence-corrected chi connectivity index (χ3v) is 2.38. The van der Waals surface area contributed by atoms with E-state index in [9.17, 15) is 9.18 Å². The van der Waals surface area contributed by atoms with Gasteiger partial charge in [-0.3, -0.25) is 4.79 Å². The third kappa shape index (κ3) is 3.74. The second-order valence-electron chi connectivity index (χ2n) is 3.61. The first-order valence-electron chi connectivity index (χ1n) is 5.04. The maximum Gasteiger partial charge on any atom is 0.306 e. The lowest BCUT2D eigenvalue weighted by Gasteiger charge is -2.10. The largest absolute Gasteiger partial charge is 0.481 e. The number of carboxylic acid groups (broad SMARTS) is 1. The van der Waals surface area contributed by atoms with Crippen molar-refractivity contribution in [3.63, 3.8) is 0 Å². The fourth-order valence-corrected chi connectivity index (χ4v) is 1.48. The Morgan fingerprint density at radius 2 is 2.06 bits per heavy atom. The molecule has 0 saturated carbocycles. The predicted octanol–water partition coefficient (Wildman–Crippen LogP) is 2.48. The predicted molar refractivity (Wildman–Crippen MR) is 59.3 cm³/mol. The Morgan fingerprint density at radius 3 is 2.56 bits per heavy atom. The second kappa shape index (κ2) is 5.92. The molecule has 1 rings (SSSR count). The van der Waals surface area contributed by atoms with Crippen molar-refractivity contribution in [3.8, 4) is 12.3 Å². The maximum absolute atomic E-state index is 12.6. The second-order valence-corrected chi connectivity index (χ2v) is 3.61. The molecule has 0 radical (unpaired) electrons. The van der Waals surface area contributed by atoms with E-state index in [-0.39, 0.29) is 5.82 Å². The monoisotopic (exact) mass is 220 g/mol. The molecule has 1 N–H and O–H groups in total. The summed E-state index contributed by atoms with van der Waals surface area (Å²) in [4.78, 5) is 10.9. The van der Waals surface area contributed by atoms with Gasteiger partial charge >= 0.3 is 5.97 Å². The summed E-state index contributed by atoms with van der Waals surface area (Å²) in [7, 11) is 0. The van der Waals surface area contributed by atoms with E-state index < -0.39 is 11.9 Å². The zero-order chi connectivity index (χ0) is 12.0. The van der Waals surface area contributed by atoms with Crippen LogP contribution in [-0.2, 0) is 11.2 Å². The van der Waals surface area contributed by atoms with Crippen molar-refractivity contribution in [2.75, 3.05) is 0 Å². The summed E-state index contributed by atoms with van der Waals surface area (Å²) < 4.78 is 12.6. The fraction of sp³-hybridized carbons (Fsp3) is 0.308. The molecule has 0 aliphatic rings. The van der Waals surface area contributed by atoms with Crippen molar-refractivity contribution in [1.29, 1.82) is 0 Å². The normalized spacial score (nSPS) is 11.8. The number of rotatable bonds is 5. The van der Waals surface area contributed by atoms with Crippen LogP contribution in [-0.4, -0.2) is 11.1 Å². The van der Waals surface area contributed by atoms with Crippen molar-refractivity contribution in [3.05, 3.63) is 35.6 Å².